The van der Waals surface area contributed by atoms with Gasteiger partial charge in [-0.25, -0.2) is 0 Å². The first kappa shape index (κ1) is 17.2. The topological polar surface area (TPSA) is 51.0 Å². The highest BCUT2D eigenvalue weighted by Gasteiger charge is 2.16. The number of amides is 1. The van der Waals surface area contributed by atoms with E-state index in [1.807, 2.05) is 50.5 Å². The van der Waals surface area contributed by atoms with Gasteiger partial charge in [-0.2, -0.15) is 5.10 Å². The van der Waals surface area contributed by atoms with E-state index in [0.717, 1.165) is 16.7 Å². The second-order valence-corrected chi connectivity index (χ2v) is 6.25. The molecule has 0 aliphatic carbocycles. The first-order valence-corrected chi connectivity index (χ1v) is 8.42. The predicted octanol–water partition coefficient (Wildman–Crippen LogP) is 3.80. The molecular weight excluding hydrogens is 336 g/mol. The van der Waals surface area contributed by atoms with E-state index < -0.39 is 0 Å². The maximum Gasteiger partial charge on any atom is 0.255 e. The number of rotatable bonds is 5. The lowest BCUT2D eigenvalue weighted by Crippen LogP contribution is -2.30. The molecule has 5 nitrogen and oxygen atoms in total. The second kappa shape index (κ2) is 7.49. The van der Waals surface area contributed by atoms with E-state index in [1.54, 1.807) is 28.2 Å². The maximum absolute atomic E-state index is 12.9. The van der Waals surface area contributed by atoms with Gasteiger partial charge in [-0.3, -0.25) is 14.5 Å². The van der Waals surface area contributed by atoms with Crippen LogP contribution < -0.4 is 0 Å². The molecule has 0 aliphatic heterocycles. The van der Waals surface area contributed by atoms with Gasteiger partial charge in [-0.05, 0) is 30.7 Å². The number of benzene rings is 1. The largest absolute Gasteiger partial charge is 0.335 e. The average molecular weight is 355 g/mol. The molecule has 1 aromatic carbocycles. The summed E-state index contributed by atoms with van der Waals surface area (Å²) in [7, 11) is 1.86. The number of hydrogen-bond acceptors (Lipinski definition) is 3. The minimum atomic E-state index is -0.0457. The van der Waals surface area contributed by atoms with Crippen molar-refractivity contribution in [2.45, 2.75) is 13.5 Å². The Kier molecular flexibility index (Phi) is 5.14. The number of carbonyl (C=O) groups excluding carboxylic acids is 1. The Morgan fingerprint density at radius 2 is 1.92 bits per heavy atom. The number of nitrogens with zero attached hydrogens (tertiary/aromatic N) is 4. The van der Waals surface area contributed by atoms with Crippen LogP contribution in [-0.2, 0) is 13.6 Å². The van der Waals surface area contributed by atoms with Crippen molar-refractivity contribution in [1.82, 2.24) is 19.7 Å². The SMILES string of the molecule is CCN(Cc1ccc(Cl)cc1)C(=O)c1cncc(-c2cnn(C)c2)c1. The summed E-state index contributed by atoms with van der Waals surface area (Å²) in [6.07, 6.45) is 7.00. The number of hydrogen-bond donors (Lipinski definition) is 0. The summed E-state index contributed by atoms with van der Waals surface area (Å²) in [5.74, 6) is -0.0457. The molecule has 2 aromatic heterocycles. The van der Waals surface area contributed by atoms with Gasteiger partial charge in [0, 0.05) is 54.9 Å². The summed E-state index contributed by atoms with van der Waals surface area (Å²) in [5.41, 5.74) is 3.42. The molecule has 3 rings (SSSR count). The van der Waals surface area contributed by atoms with Crippen molar-refractivity contribution in [3.8, 4) is 11.1 Å². The van der Waals surface area contributed by atoms with Gasteiger partial charge < -0.3 is 4.90 Å². The molecule has 0 radical (unpaired) electrons. The first-order chi connectivity index (χ1) is 12.1. The third-order valence-corrected chi connectivity index (χ3v) is 4.23. The highest BCUT2D eigenvalue weighted by Crippen LogP contribution is 2.20. The van der Waals surface area contributed by atoms with Crippen LogP contribution in [0.1, 0.15) is 22.8 Å². The van der Waals surface area contributed by atoms with Crippen molar-refractivity contribution in [2.75, 3.05) is 6.54 Å². The fourth-order valence-corrected chi connectivity index (χ4v) is 2.73. The molecule has 2 heterocycles. The van der Waals surface area contributed by atoms with Gasteiger partial charge in [0.25, 0.3) is 5.91 Å². The number of pyridine rings is 1. The Balaban J connectivity index is 1.81. The Hall–Kier alpha value is -2.66. The summed E-state index contributed by atoms with van der Waals surface area (Å²) in [6.45, 7) is 3.11. The molecule has 0 fully saturated rings. The zero-order valence-corrected chi connectivity index (χ0v) is 14.9. The van der Waals surface area contributed by atoms with E-state index in [9.17, 15) is 4.79 Å². The fraction of sp³-hybridized carbons (Fsp3) is 0.211. The summed E-state index contributed by atoms with van der Waals surface area (Å²) in [6, 6.07) is 9.39. The molecule has 0 unspecified atom stereocenters. The van der Waals surface area contributed by atoms with Crippen molar-refractivity contribution in [3.05, 3.63) is 71.3 Å². The summed E-state index contributed by atoms with van der Waals surface area (Å²) < 4.78 is 1.72. The Morgan fingerprint density at radius 3 is 2.56 bits per heavy atom. The third-order valence-electron chi connectivity index (χ3n) is 3.98. The summed E-state index contributed by atoms with van der Waals surface area (Å²) >= 11 is 5.92. The lowest BCUT2D eigenvalue weighted by molar-refractivity contribution is 0.0752. The molecule has 25 heavy (non-hydrogen) atoms. The monoisotopic (exact) mass is 354 g/mol. The van der Waals surface area contributed by atoms with Gasteiger partial charge in [-0.15, -0.1) is 0 Å². The molecule has 0 spiro atoms. The van der Waals surface area contributed by atoms with Crippen LogP contribution in [0.3, 0.4) is 0 Å². The molecule has 0 aliphatic rings. The zero-order chi connectivity index (χ0) is 17.8. The summed E-state index contributed by atoms with van der Waals surface area (Å²) in [4.78, 5) is 18.9. The van der Waals surface area contributed by atoms with Crippen molar-refractivity contribution in [3.63, 3.8) is 0 Å². The fourth-order valence-electron chi connectivity index (χ4n) is 2.61. The van der Waals surface area contributed by atoms with Crippen LogP contribution in [0.2, 0.25) is 5.02 Å². The molecule has 0 N–H and O–H groups in total. The third kappa shape index (κ3) is 4.06. The smallest absolute Gasteiger partial charge is 0.255 e. The predicted molar refractivity (Wildman–Crippen MR) is 98.3 cm³/mol. The highest BCUT2D eigenvalue weighted by atomic mass is 35.5. The van der Waals surface area contributed by atoms with E-state index in [0.29, 0.717) is 23.7 Å². The Labute approximate surface area is 151 Å². The first-order valence-electron chi connectivity index (χ1n) is 8.04. The van der Waals surface area contributed by atoms with Gasteiger partial charge in [0.1, 0.15) is 0 Å². The summed E-state index contributed by atoms with van der Waals surface area (Å²) in [5, 5.41) is 4.85. The van der Waals surface area contributed by atoms with Gasteiger partial charge in [0.15, 0.2) is 0 Å². The van der Waals surface area contributed by atoms with Crippen LogP contribution in [0.5, 0.6) is 0 Å². The van der Waals surface area contributed by atoms with E-state index in [1.165, 1.54) is 0 Å². The minimum absolute atomic E-state index is 0.0457. The number of aromatic nitrogens is 3. The number of carbonyl (C=O) groups is 1. The molecule has 128 valence electrons. The maximum atomic E-state index is 12.9. The number of halogens is 1. The average Bonchev–Trinajstić information content (AvgIpc) is 3.07. The molecule has 0 saturated carbocycles. The normalized spacial score (nSPS) is 10.7. The van der Waals surface area contributed by atoms with Crippen LogP contribution >= 0.6 is 11.6 Å². The van der Waals surface area contributed by atoms with Crippen molar-refractivity contribution >= 4 is 17.5 Å². The molecule has 0 bridgehead atoms. The van der Waals surface area contributed by atoms with Gasteiger partial charge in [0.2, 0.25) is 0 Å². The van der Waals surface area contributed by atoms with Crippen LogP contribution in [0.15, 0.2) is 55.1 Å². The van der Waals surface area contributed by atoms with Gasteiger partial charge >= 0.3 is 0 Å². The van der Waals surface area contributed by atoms with Crippen LogP contribution in [0.4, 0.5) is 0 Å². The Morgan fingerprint density at radius 1 is 1.16 bits per heavy atom. The van der Waals surface area contributed by atoms with Gasteiger partial charge in [-0.1, -0.05) is 23.7 Å². The molecule has 3 aromatic rings. The van der Waals surface area contributed by atoms with E-state index in [4.69, 9.17) is 11.6 Å². The van der Waals surface area contributed by atoms with E-state index >= 15 is 0 Å². The zero-order valence-electron chi connectivity index (χ0n) is 14.2. The van der Waals surface area contributed by atoms with Crippen molar-refractivity contribution in [1.29, 1.82) is 0 Å². The molecule has 0 atom stereocenters. The molecular formula is C19H19ClN4O. The minimum Gasteiger partial charge on any atom is -0.335 e. The van der Waals surface area contributed by atoms with Crippen LogP contribution in [0, 0.1) is 0 Å². The molecule has 0 saturated heterocycles. The van der Waals surface area contributed by atoms with E-state index in [-0.39, 0.29) is 5.91 Å². The molecule has 6 heteroatoms. The highest BCUT2D eigenvalue weighted by molar-refractivity contribution is 6.30. The van der Waals surface area contributed by atoms with Gasteiger partial charge in [0.05, 0.1) is 11.8 Å². The van der Waals surface area contributed by atoms with Crippen LogP contribution in [0.25, 0.3) is 11.1 Å². The lowest BCUT2D eigenvalue weighted by Gasteiger charge is -2.21. The van der Waals surface area contributed by atoms with Crippen molar-refractivity contribution < 1.29 is 4.79 Å². The quantitative estimate of drug-likeness (QED) is 0.700. The van der Waals surface area contributed by atoms with Crippen molar-refractivity contribution in [2.24, 2.45) is 7.05 Å². The number of aryl methyl sites for hydroxylation is 1. The second-order valence-electron chi connectivity index (χ2n) is 5.81. The van der Waals surface area contributed by atoms with E-state index in [2.05, 4.69) is 10.1 Å². The molecule has 1 amide bonds. The lowest BCUT2D eigenvalue weighted by atomic mass is 10.1. The van der Waals surface area contributed by atoms with Crippen LogP contribution in [-0.4, -0.2) is 32.1 Å². The standard InChI is InChI=1S/C19H19ClN4O/c1-3-24(12-14-4-6-18(20)7-5-14)19(25)16-8-15(9-21-10-16)17-11-22-23(2)13-17/h4-11,13H,3,12H2,1-2H3. The Bertz CT molecular complexity index is 873.